The molecule has 1 atom stereocenters. The van der Waals surface area contributed by atoms with Gasteiger partial charge >= 0.3 is 0 Å². The Bertz CT molecular complexity index is 647. The van der Waals surface area contributed by atoms with E-state index in [-0.39, 0.29) is 18.4 Å². The second-order valence-electron chi connectivity index (χ2n) is 5.25. The summed E-state index contributed by atoms with van der Waals surface area (Å²) in [5.74, 6) is 1.31. The number of amides is 1. The third kappa shape index (κ3) is 4.10. The fourth-order valence-corrected chi connectivity index (χ4v) is 2.44. The molecule has 2 rings (SSSR count). The van der Waals surface area contributed by atoms with Gasteiger partial charge in [-0.1, -0.05) is 23.4 Å². The summed E-state index contributed by atoms with van der Waals surface area (Å²) in [6, 6.07) is 7.60. The van der Waals surface area contributed by atoms with Crippen LogP contribution >= 0.6 is 0 Å². The number of nitrogens with zero attached hydrogens (tertiary/aromatic N) is 1. The lowest BCUT2D eigenvalue weighted by Gasteiger charge is -2.19. The number of aromatic nitrogens is 1. The lowest BCUT2D eigenvalue weighted by Crippen LogP contribution is -2.30. The van der Waals surface area contributed by atoms with E-state index >= 15 is 0 Å². The summed E-state index contributed by atoms with van der Waals surface area (Å²) in [7, 11) is 3.22. The molecule has 6 nitrogen and oxygen atoms in total. The van der Waals surface area contributed by atoms with Crippen LogP contribution in [0.15, 0.2) is 28.8 Å². The van der Waals surface area contributed by atoms with Gasteiger partial charge in [-0.2, -0.15) is 0 Å². The first kappa shape index (κ1) is 17.0. The topological polar surface area (TPSA) is 73.6 Å². The smallest absolute Gasteiger partial charge is 0.224 e. The summed E-state index contributed by atoms with van der Waals surface area (Å²) in [5.41, 5.74) is 2.47. The third-order valence-corrected chi connectivity index (χ3v) is 3.77. The quantitative estimate of drug-likeness (QED) is 0.848. The van der Waals surface area contributed by atoms with Crippen LogP contribution in [0.2, 0.25) is 0 Å². The molecule has 2 aromatic rings. The van der Waals surface area contributed by atoms with Gasteiger partial charge in [0.25, 0.3) is 0 Å². The van der Waals surface area contributed by atoms with Gasteiger partial charge in [-0.25, -0.2) is 0 Å². The molecule has 1 aromatic carbocycles. The van der Waals surface area contributed by atoms with Gasteiger partial charge in [-0.3, -0.25) is 4.79 Å². The summed E-state index contributed by atoms with van der Waals surface area (Å²) in [6.45, 7) is 3.99. The molecule has 124 valence electrons. The van der Waals surface area contributed by atoms with Crippen molar-refractivity contribution in [3.8, 4) is 5.75 Å². The fraction of sp³-hybridized carbons (Fsp3) is 0.412. The van der Waals surface area contributed by atoms with Gasteiger partial charge in [0.1, 0.15) is 17.6 Å². The van der Waals surface area contributed by atoms with Crippen LogP contribution < -0.4 is 10.1 Å². The Kier molecular flexibility index (Phi) is 5.76. The molecule has 1 aromatic heterocycles. The van der Waals surface area contributed by atoms with E-state index < -0.39 is 0 Å². The highest BCUT2D eigenvalue weighted by molar-refractivity contribution is 5.79. The molecule has 0 fully saturated rings. The predicted molar refractivity (Wildman–Crippen MR) is 85.4 cm³/mol. The molecule has 6 heteroatoms. The second-order valence-corrected chi connectivity index (χ2v) is 5.25. The number of nitrogens with one attached hydrogen (secondary N) is 1. The molecule has 23 heavy (non-hydrogen) atoms. The molecule has 1 amide bonds. The van der Waals surface area contributed by atoms with E-state index in [4.69, 9.17) is 14.0 Å². The molecule has 1 heterocycles. The van der Waals surface area contributed by atoms with E-state index in [1.165, 1.54) is 0 Å². The lowest BCUT2D eigenvalue weighted by molar-refractivity contribution is -0.121. The first-order valence-corrected chi connectivity index (χ1v) is 7.41. The number of hydrogen-bond acceptors (Lipinski definition) is 5. The minimum atomic E-state index is -0.278. The van der Waals surface area contributed by atoms with Crippen LogP contribution in [-0.4, -0.2) is 31.8 Å². The average Bonchev–Trinajstić information content (AvgIpc) is 2.87. The molecule has 0 bridgehead atoms. The highest BCUT2D eigenvalue weighted by Gasteiger charge is 2.18. The molecule has 0 saturated carbocycles. The highest BCUT2D eigenvalue weighted by atomic mass is 16.5. The van der Waals surface area contributed by atoms with Gasteiger partial charge in [0.05, 0.1) is 19.2 Å². The van der Waals surface area contributed by atoms with E-state index in [1.54, 1.807) is 21.1 Å². The zero-order valence-corrected chi connectivity index (χ0v) is 13.9. The first-order chi connectivity index (χ1) is 11.1. The summed E-state index contributed by atoms with van der Waals surface area (Å²) in [5, 5.41) is 6.74. The number of carbonyl (C=O) groups is 1. The molecule has 0 saturated heterocycles. The normalized spacial score (nSPS) is 12.0. The van der Waals surface area contributed by atoms with Crippen LogP contribution in [0.4, 0.5) is 0 Å². The van der Waals surface area contributed by atoms with Crippen molar-refractivity contribution in [2.45, 2.75) is 26.4 Å². The summed E-state index contributed by atoms with van der Waals surface area (Å²) in [6.07, 6.45) is -0.0384. The number of methoxy groups -OCH3 is 2. The molecule has 0 radical (unpaired) electrons. The Morgan fingerprint density at radius 3 is 2.65 bits per heavy atom. The SMILES string of the molecule is COc1ccccc1[C@@H](CNC(=O)Cc1c(C)noc1C)OC. The molecule has 0 aliphatic rings. The Balaban J connectivity index is 1.99. The van der Waals surface area contributed by atoms with E-state index in [2.05, 4.69) is 10.5 Å². The van der Waals surface area contributed by atoms with Crippen LogP contribution in [0.3, 0.4) is 0 Å². The van der Waals surface area contributed by atoms with Crippen molar-refractivity contribution in [3.63, 3.8) is 0 Å². The van der Waals surface area contributed by atoms with Crippen LogP contribution in [0.25, 0.3) is 0 Å². The van der Waals surface area contributed by atoms with Gasteiger partial charge in [0.2, 0.25) is 5.91 Å². The highest BCUT2D eigenvalue weighted by Crippen LogP contribution is 2.26. The average molecular weight is 318 g/mol. The van der Waals surface area contributed by atoms with Crippen LogP contribution in [-0.2, 0) is 16.0 Å². The standard InChI is InChI=1S/C17H22N2O4/c1-11-14(12(2)23-19-11)9-17(20)18-10-16(22-4)13-7-5-6-8-15(13)21-3/h5-8,16H,9-10H2,1-4H3,(H,18,20)/t16-/m1/s1. The zero-order chi connectivity index (χ0) is 16.8. The lowest BCUT2D eigenvalue weighted by atomic mass is 10.1. The van der Waals surface area contributed by atoms with Gasteiger partial charge in [0, 0.05) is 24.8 Å². The molecule has 0 aliphatic heterocycles. The number of ether oxygens (including phenoxy) is 2. The van der Waals surface area contributed by atoms with Crippen molar-refractivity contribution in [1.82, 2.24) is 10.5 Å². The molecule has 0 spiro atoms. The number of aryl methyl sites for hydroxylation is 2. The molecule has 0 unspecified atom stereocenters. The van der Waals surface area contributed by atoms with Gasteiger partial charge < -0.3 is 19.3 Å². The van der Waals surface area contributed by atoms with E-state index in [1.807, 2.05) is 31.2 Å². The van der Waals surface area contributed by atoms with Crippen LogP contribution in [0.1, 0.15) is 28.7 Å². The Morgan fingerprint density at radius 1 is 1.30 bits per heavy atom. The molecule has 0 aliphatic carbocycles. The van der Waals surface area contributed by atoms with Crippen LogP contribution in [0.5, 0.6) is 5.75 Å². The number of para-hydroxylation sites is 1. The monoisotopic (exact) mass is 318 g/mol. The molecular weight excluding hydrogens is 296 g/mol. The van der Waals surface area contributed by atoms with Crippen molar-refractivity contribution in [3.05, 3.63) is 46.8 Å². The first-order valence-electron chi connectivity index (χ1n) is 7.41. The van der Waals surface area contributed by atoms with Gasteiger partial charge in [0.15, 0.2) is 0 Å². The Labute approximate surface area is 135 Å². The minimum Gasteiger partial charge on any atom is -0.496 e. The van der Waals surface area contributed by atoms with Gasteiger partial charge in [-0.05, 0) is 19.9 Å². The maximum Gasteiger partial charge on any atom is 0.224 e. The number of benzene rings is 1. The van der Waals surface area contributed by atoms with Gasteiger partial charge in [-0.15, -0.1) is 0 Å². The number of rotatable bonds is 7. The Morgan fingerprint density at radius 2 is 2.04 bits per heavy atom. The van der Waals surface area contributed by atoms with Crippen molar-refractivity contribution in [2.75, 3.05) is 20.8 Å². The molecular formula is C17H22N2O4. The predicted octanol–water partition coefficient (Wildman–Crippen LogP) is 2.35. The summed E-state index contributed by atoms with van der Waals surface area (Å²) < 4.78 is 15.9. The third-order valence-electron chi connectivity index (χ3n) is 3.77. The second kappa shape index (κ2) is 7.78. The van der Waals surface area contributed by atoms with E-state index in [9.17, 15) is 4.79 Å². The number of carbonyl (C=O) groups excluding carboxylic acids is 1. The van der Waals surface area contributed by atoms with Crippen molar-refractivity contribution in [1.29, 1.82) is 0 Å². The maximum atomic E-state index is 12.2. The summed E-state index contributed by atoms with van der Waals surface area (Å²) in [4.78, 5) is 12.2. The number of hydrogen-bond donors (Lipinski definition) is 1. The van der Waals surface area contributed by atoms with E-state index in [0.717, 1.165) is 22.6 Å². The largest absolute Gasteiger partial charge is 0.496 e. The maximum absolute atomic E-state index is 12.2. The molecule has 1 N–H and O–H groups in total. The van der Waals surface area contributed by atoms with Crippen molar-refractivity contribution in [2.24, 2.45) is 0 Å². The van der Waals surface area contributed by atoms with Crippen molar-refractivity contribution >= 4 is 5.91 Å². The fourth-order valence-electron chi connectivity index (χ4n) is 2.44. The van der Waals surface area contributed by atoms with Crippen LogP contribution in [0, 0.1) is 13.8 Å². The van der Waals surface area contributed by atoms with Crippen molar-refractivity contribution < 1.29 is 18.8 Å². The Hall–Kier alpha value is -2.34. The van der Waals surface area contributed by atoms with E-state index in [0.29, 0.717) is 12.3 Å². The minimum absolute atomic E-state index is 0.101. The zero-order valence-electron chi connectivity index (χ0n) is 13.9. The summed E-state index contributed by atoms with van der Waals surface area (Å²) >= 11 is 0.